The summed E-state index contributed by atoms with van der Waals surface area (Å²) in [6, 6.07) is 3.54. The number of epoxide rings is 1. The number of carbonyl (C=O) groups excluding carboxylic acids is 2. The summed E-state index contributed by atoms with van der Waals surface area (Å²) in [6.07, 6.45) is 0.322. The minimum absolute atomic E-state index is 0.0727. The Bertz CT molecular complexity index is 631. The van der Waals surface area contributed by atoms with Gasteiger partial charge in [0, 0.05) is 18.9 Å². The molecular formula is C18H24O6. The lowest BCUT2D eigenvalue weighted by Gasteiger charge is -2.19. The van der Waals surface area contributed by atoms with Gasteiger partial charge in [0.25, 0.3) is 0 Å². The Labute approximate surface area is 142 Å². The fraction of sp³-hybridized carbons (Fsp3) is 0.556. The van der Waals surface area contributed by atoms with Gasteiger partial charge < -0.3 is 18.9 Å². The lowest BCUT2D eigenvalue weighted by atomic mass is 9.97. The molecule has 0 aromatic heterocycles. The smallest absolute Gasteiger partial charge is 0.311 e. The first-order valence-electron chi connectivity index (χ1n) is 7.94. The van der Waals surface area contributed by atoms with E-state index in [1.807, 2.05) is 20.8 Å². The SMILES string of the molecule is COc1cc([C@]2(COC(C)=O)CO2)c(OC(=O)CC(C)C)cc1C. The molecule has 0 unspecified atom stereocenters. The predicted molar refractivity (Wildman–Crippen MR) is 87.1 cm³/mol. The fourth-order valence-electron chi connectivity index (χ4n) is 2.44. The van der Waals surface area contributed by atoms with E-state index in [0.29, 0.717) is 30.1 Å². The Morgan fingerprint density at radius 2 is 1.96 bits per heavy atom. The average Bonchev–Trinajstić information content (AvgIpc) is 3.25. The van der Waals surface area contributed by atoms with Crippen LogP contribution in [0.1, 0.15) is 38.3 Å². The van der Waals surface area contributed by atoms with Crippen molar-refractivity contribution < 1.29 is 28.5 Å². The maximum atomic E-state index is 12.1. The Morgan fingerprint density at radius 3 is 2.46 bits per heavy atom. The van der Waals surface area contributed by atoms with E-state index in [4.69, 9.17) is 18.9 Å². The van der Waals surface area contributed by atoms with Gasteiger partial charge in [-0.25, -0.2) is 0 Å². The number of rotatable bonds is 7. The third-order valence-corrected chi connectivity index (χ3v) is 3.79. The number of ether oxygens (including phenoxy) is 4. The number of carbonyl (C=O) groups is 2. The van der Waals surface area contributed by atoms with Crippen molar-refractivity contribution in [1.82, 2.24) is 0 Å². The molecule has 6 nitrogen and oxygen atoms in total. The summed E-state index contributed by atoms with van der Waals surface area (Å²) in [7, 11) is 1.57. The van der Waals surface area contributed by atoms with Crippen molar-refractivity contribution in [3.63, 3.8) is 0 Å². The highest BCUT2D eigenvalue weighted by Crippen LogP contribution is 2.46. The summed E-state index contributed by atoms with van der Waals surface area (Å²) in [4.78, 5) is 23.2. The van der Waals surface area contributed by atoms with Gasteiger partial charge in [0.2, 0.25) is 0 Å². The van der Waals surface area contributed by atoms with Crippen LogP contribution in [0.5, 0.6) is 11.5 Å². The monoisotopic (exact) mass is 336 g/mol. The van der Waals surface area contributed by atoms with Crippen molar-refractivity contribution in [2.24, 2.45) is 5.92 Å². The van der Waals surface area contributed by atoms with E-state index in [1.165, 1.54) is 6.92 Å². The van der Waals surface area contributed by atoms with Crippen molar-refractivity contribution in [1.29, 1.82) is 0 Å². The van der Waals surface area contributed by atoms with Crippen molar-refractivity contribution in [2.75, 3.05) is 20.3 Å². The van der Waals surface area contributed by atoms with E-state index in [-0.39, 0.29) is 24.5 Å². The zero-order chi connectivity index (χ0) is 17.9. The standard InChI is InChI=1S/C18H24O6/c1-11(2)6-17(20)24-16-7-12(3)15(21-5)8-14(16)18(10-23-18)9-22-13(4)19/h7-8,11H,6,9-10H2,1-5H3/t18-/m0/s1. The third-order valence-electron chi connectivity index (χ3n) is 3.79. The van der Waals surface area contributed by atoms with Crippen LogP contribution in [0, 0.1) is 12.8 Å². The zero-order valence-corrected chi connectivity index (χ0v) is 14.8. The largest absolute Gasteiger partial charge is 0.496 e. The molecule has 0 bridgehead atoms. The molecule has 24 heavy (non-hydrogen) atoms. The summed E-state index contributed by atoms with van der Waals surface area (Å²) in [6.45, 7) is 7.58. The van der Waals surface area contributed by atoms with Crippen LogP contribution in [0.2, 0.25) is 0 Å². The van der Waals surface area contributed by atoms with Crippen LogP contribution in [0.25, 0.3) is 0 Å². The van der Waals surface area contributed by atoms with Gasteiger partial charge >= 0.3 is 11.9 Å². The Kier molecular flexibility index (Phi) is 5.49. The predicted octanol–water partition coefficient (Wildman–Crippen LogP) is 2.74. The van der Waals surface area contributed by atoms with Crippen LogP contribution in [0.3, 0.4) is 0 Å². The number of benzene rings is 1. The molecule has 1 aromatic rings. The molecule has 0 N–H and O–H groups in total. The Hall–Kier alpha value is -2.08. The average molecular weight is 336 g/mol. The van der Waals surface area contributed by atoms with Crippen molar-refractivity contribution in [3.05, 3.63) is 23.3 Å². The number of hydrogen-bond acceptors (Lipinski definition) is 6. The van der Waals surface area contributed by atoms with Crippen molar-refractivity contribution in [2.45, 2.75) is 39.7 Å². The van der Waals surface area contributed by atoms with Crippen LogP contribution in [0.4, 0.5) is 0 Å². The van der Waals surface area contributed by atoms with Gasteiger partial charge in [0.15, 0.2) is 5.60 Å². The van der Waals surface area contributed by atoms with Gasteiger partial charge in [-0.1, -0.05) is 13.8 Å². The molecule has 2 rings (SSSR count). The van der Waals surface area contributed by atoms with Gasteiger partial charge in [-0.2, -0.15) is 0 Å². The summed E-state index contributed by atoms with van der Waals surface area (Å²) >= 11 is 0. The zero-order valence-electron chi connectivity index (χ0n) is 14.8. The third kappa shape index (κ3) is 4.26. The molecule has 1 aromatic carbocycles. The second-order valence-corrected chi connectivity index (χ2v) is 6.45. The molecule has 0 aliphatic carbocycles. The molecule has 0 amide bonds. The van der Waals surface area contributed by atoms with E-state index < -0.39 is 5.60 Å². The minimum Gasteiger partial charge on any atom is -0.496 e. The van der Waals surface area contributed by atoms with Crippen LogP contribution < -0.4 is 9.47 Å². The molecule has 132 valence electrons. The van der Waals surface area contributed by atoms with Crippen LogP contribution in [0.15, 0.2) is 12.1 Å². The fourth-order valence-corrected chi connectivity index (χ4v) is 2.44. The van der Waals surface area contributed by atoms with E-state index in [9.17, 15) is 9.59 Å². The van der Waals surface area contributed by atoms with E-state index >= 15 is 0 Å². The van der Waals surface area contributed by atoms with Crippen LogP contribution >= 0.6 is 0 Å². The second kappa shape index (κ2) is 7.21. The summed E-state index contributed by atoms with van der Waals surface area (Å²) in [5, 5.41) is 0. The molecule has 0 radical (unpaired) electrons. The Balaban J connectivity index is 2.33. The van der Waals surface area contributed by atoms with Gasteiger partial charge in [0.1, 0.15) is 18.1 Å². The number of hydrogen-bond donors (Lipinski definition) is 0. The molecule has 1 atom stereocenters. The van der Waals surface area contributed by atoms with Crippen LogP contribution in [-0.2, 0) is 24.7 Å². The summed E-state index contributed by atoms with van der Waals surface area (Å²) in [5.74, 6) is 0.587. The van der Waals surface area contributed by atoms with Crippen LogP contribution in [-0.4, -0.2) is 32.3 Å². The van der Waals surface area contributed by atoms with Crippen molar-refractivity contribution in [3.8, 4) is 11.5 Å². The summed E-state index contributed by atoms with van der Waals surface area (Å²) < 4.78 is 21.6. The molecule has 1 heterocycles. The van der Waals surface area contributed by atoms with Gasteiger partial charge in [-0.3, -0.25) is 9.59 Å². The molecule has 1 saturated heterocycles. The first kappa shape index (κ1) is 18.3. The molecule has 0 saturated carbocycles. The number of esters is 2. The van der Waals surface area contributed by atoms with Gasteiger partial charge in [0.05, 0.1) is 13.7 Å². The van der Waals surface area contributed by atoms with Crippen molar-refractivity contribution >= 4 is 11.9 Å². The molecule has 1 fully saturated rings. The highest BCUT2D eigenvalue weighted by atomic mass is 16.6. The maximum Gasteiger partial charge on any atom is 0.311 e. The normalized spacial score (nSPS) is 19.1. The van der Waals surface area contributed by atoms with E-state index in [1.54, 1.807) is 19.2 Å². The first-order valence-corrected chi connectivity index (χ1v) is 7.94. The minimum atomic E-state index is -0.778. The summed E-state index contributed by atoms with van der Waals surface area (Å²) in [5.41, 5.74) is 0.722. The second-order valence-electron chi connectivity index (χ2n) is 6.45. The van der Waals surface area contributed by atoms with E-state index in [2.05, 4.69) is 0 Å². The Morgan fingerprint density at radius 1 is 1.29 bits per heavy atom. The quantitative estimate of drug-likeness (QED) is 0.433. The number of aryl methyl sites for hydroxylation is 1. The molecule has 1 aliphatic heterocycles. The van der Waals surface area contributed by atoms with Gasteiger partial charge in [-0.15, -0.1) is 0 Å². The lowest BCUT2D eigenvalue weighted by molar-refractivity contribution is -0.143. The molecule has 6 heteroatoms. The highest BCUT2D eigenvalue weighted by Gasteiger charge is 2.50. The topological polar surface area (TPSA) is 74.4 Å². The van der Waals surface area contributed by atoms with E-state index in [0.717, 1.165) is 5.56 Å². The highest BCUT2D eigenvalue weighted by molar-refractivity contribution is 5.73. The maximum absolute atomic E-state index is 12.1. The van der Waals surface area contributed by atoms with Gasteiger partial charge in [-0.05, 0) is 30.5 Å². The first-order chi connectivity index (χ1) is 11.3. The molecule has 0 spiro atoms. The molecule has 1 aliphatic rings. The number of methoxy groups -OCH3 is 1. The lowest BCUT2D eigenvalue weighted by Crippen LogP contribution is -2.22. The molecular weight excluding hydrogens is 312 g/mol.